The summed E-state index contributed by atoms with van der Waals surface area (Å²) in [5, 5.41) is 12.5. The van der Waals surface area contributed by atoms with E-state index in [1.165, 1.54) is 6.07 Å². The van der Waals surface area contributed by atoms with Gasteiger partial charge in [-0.3, -0.25) is 4.79 Å². The van der Waals surface area contributed by atoms with Crippen molar-refractivity contribution < 1.29 is 5.11 Å². The topological polar surface area (TPSA) is 90.9 Å². The second kappa shape index (κ2) is 8.10. The molecule has 2 heterocycles. The summed E-state index contributed by atoms with van der Waals surface area (Å²) >= 11 is 0. The SMILES string of the molecule is O=c1cc(Cc2ccccc2)[nH]c(NCCCc2ccnc(O)c2)n1. The van der Waals surface area contributed by atoms with Gasteiger partial charge in [0, 0.05) is 37.0 Å². The summed E-state index contributed by atoms with van der Waals surface area (Å²) in [6.45, 7) is 0.667. The molecule has 0 spiro atoms. The van der Waals surface area contributed by atoms with E-state index in [9.17, 15) is 9.90 Å². The molecule has 0 aliphatic heterocycles. The van der Waals surface area contributed by atoms with E-state index in [4.69, 9.17) is 0 Å². The third kappa shape index (κ3) is 5.17. The minimum absolute atomic E-state index is 0.0325. The van der Waals surface area contributed by atoms with Crippen molar-refractivity contribution in [1.29, 1.82) is 0 Å². The lowest BCUT2D eigenvalue weighted by Crippen LogP contribution is -2.15. The number of aromatic hydroxyl groups is 1. The third-order valence-corrected chi connectivity index (χ3v) is 3.78. The molecule has 0 saturated heterocycles. The summed E-state index contributed by atoms with van der Waals surface area (Å²) in [5.41, 5.74) is 2.72. The number of anilines is 1. The summed E-state index contributed by atoms with van der Waals surface area (Å²) in [4.78, 5) is 22.7. The van der Waals surface area contributed by atoms with Crippen LogP contribution in [0.1, 0.15) is 23.2 Å². The van der Waals surface area contributed by atoms with Crippen molar-refractivity contribution in [3.63, 3.8) is 0 Å². The predicted octanol–water partition coefficient (Wildman–Crippen LogP) is 2.51. The van der Waals surface area contributed by atoms with Gasteiger partial charge in [-0.25, -0.2) is 4.98 Å². The van der Waals surface area contributed by atoms with E-state index in [-0.39, 0.29) is 11.4 Å². The molecule has 6 nitrogen and oxygen atoms in total. The van der Waals surface area contributed by atoms with E-state index in [0.29, 0.717) is 18.9 Å². The Morgan fingerprint density at radius 2 is 1.92 bits per heavy atom. The van der Waals surface area contributed by atoms with Gasteiger partial charge in [0.25, 0.3) is 5.56 Å². The maximum absolute atomic E-state index is 11.8. The maximum Gasteiger partial charge on any atom is 0.274 e. The van der Waals surface area contributed by atoms with E-state index in [1.807, 2.05) is 36.4 Å². The molecule has 25 heavy (non-hydrogen) atoms. The van der Waals surface area contributed by atoms with E-state index < -0.39 is 0 Å². The molecule has 0 fully saturated rings. The Kier molecular flexibility index (Phi) is 5.41. The summed E-state index contributed by atoms with van der Waals surface area (Å²) in [6, 6.07) is 15.0. The molecule has 3 aromatic rings. The molecule has 0 radical (unpaired) electrons. The molecular formula is C19H20N4O2. The highest BCUT2D eigenvalue weighted by Crippen LogP contribution is 2.10. The Labute approximate surface area is 145 Å². The molecule has 0 unspecified atom stereocenters. The number of aromatic nitrogens is 3. The number of rotatable bonds is 7. The molecule has 2 aromatic heterocycles. The number of H-pyrrole nitrogens is 1. The zero-order valence-electron chi connectivity index (χ0n) is 13.8. The van der Waals surface area contributed by atoms with Crippen LogP contribution < -0.4 is 10.9 Å². The van der Waals surface area contributed by atoms with Crippen molar-refractivity contribution in [3.8, 4) is 5.88 Å². The van der Waals surface area contributed by atoms with Gasteiger partial charge in [-0.1, -0.05) is 30.3 Å². The lowest BCUT2D eigenvalue weighted by Gasteiger charge is -2.08. The number of nitrogens with one attached hydrogen (secondary N) is 2. The standard InChI is InChI=1S/C19H20N4O2/c24-17-12-15(8-10-20-17)7-4-9-21-19-22-16(13-18(25)23-19)11-14-5-2-1-3-6-14/h1-3,5-6,8,10,12-13H,4,7,9,11H2,(H,20,24)(H2,21,22,23,25). The number of pyridine rings is 1. The van der Waals surface area contributed by atoms with Crippen LogP contribution in [-0.2, 0) is 12.8 Å². The summed E-state index contributed by atoms with van der Waals surface area (Å²) < 4.78 is 0. The molecule has 128 valence electrons. The van der Waals surface area contributed by atoms with Gasteiger partial charge >= 0.3 is 0 Å². The Morgan fingerprint density at radius 3 is 2.72 bits per heavy atom. The summed E-state index contributed by atoms with van der Waals surface area (Å²) in [6.07, 6.45) is 3.89. The first-order valence-electron chi connectivity index (χ1n) is 8.21. The number of aryl methyl sites for hydroxylation is 1. The zero-order chi connectivity index (χ0) is 17.5. The number of aromatic amines is 1. The predicted molar refractivity (Wildman–Crippen MR) is 96.8 cm³/mol. The Hall–Kier alpha value is -3.15. The maximum atomic E-state index is 11.8. The van der Waals surface area contributed by atoms with E-state index in [2.05, 4.69) is 20.3 Å². The minimum Gasteiger partial charge on any atom is -0.493 e. The van der Waals surface area contributed by atoms with Crippen LogP contribution in [0.5, 0.6) is 5.88 Å². The molecule has 3 N–H and O–H groups in total. The second-order valence-corrected chi connectivity index (χ2v) is 5.81. The van der Waals surface area contributed by atoms with Gasteiger partial charge < -0.3 is 15.4 Å². The van der Waals surface area contributed by atoms with Crippen LogP contribution in [0.4, 0.5) is 5.95 Å². The van der Waals surface area contributed by atoms with Crippen molar-refractivity contribution in [3.05, 3.63) is 81.9 Å². The highest BCUT2D eigenvalue weighted by atomic mass is 16.3. The van der Waals surface area contributed by atoms with Crippen LogP contribution in [0.3, 0.4) is 0 Å². The molecule has 0 bridgehead atoms. The van der Waals surface area contributed by atoms with Crippen LogP contribution in [0.25, 0.3) is 0 Å². The molecule has 0 aliphatic rings. The van der Waals surface area contributed by atoms with Crippen molar-refractivity contribution in [2.75, 3.05) is 11.9 Å². The molecule has 0 amide bonds. The van der Waals surface area contributed by atoms with E-state index in [0.717, 1.165) is 29.7 Å². The summed E-state index contributed by atoms with van der Waals surface area (Å²) in [5.74, 6) is 0.515. The Morgan fingerprint density at radius 1 is 1.08 bits per heavy atom. The third-order valence-electron chi connectivity index (χ3n) is 3.78. The second-order valence-electron chi connectivity index (χ2n) is 5.81. The van der Waals surface area contributed by atoms with E-state index in [1.54, 1.807) is 12.3 Å². The van der Waals surface area contributed by atoms with Gasteiger partial charge in [-0.2, -0.15) is 4.98 Å². The molecule has 1 aromatic carbocycles. The van der Waals surface area contributed by atoms with Crippen LogP contribution in [0.2, 0.25) is 0 Å². The fourth-order valence-electron chi connectivity index (χ4n) is 2.62. The fraction of sp³-hybridized carbons (Fsp3) is 0.211. The van der Waals surface area contributed by atoms with Crippen molar-refractivity contribution >= 4 is 5.95 Å². The number of nitrogens with zero attached hydrogens (tertiary/aromatic N) is 2. The smallest absolute Gasteiger partial charge is 0.274 e. The first kappa shape index (κ1) is 16.7. The summed E-state index contributed by atoms with van der Waals surface area (Å²) in [7, 11) is 0. The monoisotopic (exact) mass is 336 g/mol. The molecule has 0 saturated carbocycles. The average Bonchev–Trinajstić information content (AvgIpc) is 2.59. The van der Waals surface area contributed by atoms with Gasteiger partial charge in [0.1, 0.15) is 0 Å². The van der Waals surface area contributed by atoms with Crippen LogP contribution in [-0.4, -0.2) is 26.6 Å². The van der Waals surface area contributed by atoms with Crippen LogP contribution >= 0.6 is 0 Å². The van der Waals surface area contributed by atoms with Crippen molar-refractivity contribution in [2.45, 2.75) is 19.3 Å². The number of benzene rings is 1. The fourth-order valence-corrected chi connectivity index (χ4v) is 2.62. The first-order chi connectivity index (χ1) is 12.2. The molecular weight excluding hydrogens is 316 g/mol. The highest BCUT2D eigenvalue weighted by molar-refractivity contribution is 5.28. The van der Waals surface area contributed by atoms with E-state index >= 15 is 0 Å². The Balaban J connectivity index is 1.56. The normalized spacial score (nSPS) is 10.6. The van der Waals surface area contributed by atoms with Crippen LogP contribution in [0.15, 0.2) is 59.5 Å². The van der Waals surface area contributed by atoms with Gasteiger partial charge in [0.2, 0.25) is 11.8 Å². The van der Waals surface area contributed by atoms with Crippen molar-refractivity contribution in [2.24, 2.45) is 0 Å². The molecule has 3 rings (SSSR count). The highest BCUT2D eigenvalue weighted by Gasteiger charge is 2.02. The van der Waals surface area contributed by atoms with Gasteiger partial charge in [0.15, 0.2) is 0 Å². The first-order valence-corrected chi connectivity index (χ1v) is 8.21. The van der Waals surface area contributed by atoms with Crippen LogP contribution in [0, 0.1) is 0 Å². The average molecular weight is 336 g/mol. The van der Waals surface area contributed by atoms with Crippen molar-refractivity contribution in [1.82, 2.24) is 15.0 Å². The number of hydrogen-bond donors (Lipinski definition) is 3. The lowest BCUT2D eigenvalue weighted by molar-refractivity contribution is 0.452. The van der Waals surface area contributed by atoms with Gasteiger partial charge in [-0.15, -0.1) is 0 Å². The number of hydrogen-bond acceptors (Lipinski definition) is 5. The molecule has 0 aliphatic carbocycles. The molecule has 6 heteroatoms. The lowest BCUT2D eigenvalue weighted by atomic mass is 10.1. The quantitative estimate of drug-likeness (QED) is 0.577. The molecule has 0 atom stereocenters. The van der Waals surface area contributed by atoms with Gasteiger partial charge in [0.05, 0.1) is 0 Å². The zero-order valence-corrected chi connectivity index (χ0v) is 13.8. The largest absolute Gasteiger partial charge is 0.493 e. The minimum atomic E-state index is -0.258. The van der Waals surface area contributed by atoms with Gasteiger partial charge in [-0.05, 0) is 30.0 Å². The Bertz CT molecular complexity index is 878.